The van der Waals surface area contributed by atoms with E-state index in [1.165, 1.54) is 38.5 Å². The summed E-state index contributed by atoms with van der Waals surface area (Å²) in [5, 5.41) is 6.43. The summed E-state index contributed by atoms with van der Waals surface area (Å²) in [7, 11) is 0. The second kappa shape index (κ2) is 6.64. The lowest BCUT2D eigenvalue weighted by atomic mass is 9.93. The molecule has 1 aliphatic carbocycles. The van der Waals surface area contributed by atoms with Crippen molar-refractivity contribution in [2.24, 2.45) is 5.92 Å². The Balaban J connectivity index is 1.78. The summed E-state index contributed by atoms with van der Waals surface area (Å²) in [6.07, 6.45) is 7.99. The second-order valence-electron chi connectivity index (χ2n) is 5.32. The van der Waals surface area contributed by atoms with Crippen molar-refractivity contribution in [3.05, 3.63) is 0 Å². The SMILES string of the molecule is C[C@@H](NC(=O)C1CSCN1)C1CCCCCC1. The molecule has 1 aliphatic heterocycles. The fourth-order valence-electron chi connectivity index (χ4n) is 2.82. The first kappa shape index (κ1) is 13.2. The van der Waals surface area contributed by atoms with E-state index >= 15 is 0 Å². The summed E-state index contributed by atoms with van der Waals surface area (Å²) in [6.45, 7) is 2.18. The van der Waals surface area contributed by atoms with Crippen molar-refractivity contribution >= 4 is 17.7 Å². The average Bonchev–Trinajstić information content (AvgIpc) is 2.71. The minimum atomic E-state index is 0.0354. The van der Waals surface area contributed by atoms with Crippen molar-refractivity contribution < 1.29 is 4.79 Å². The summed E-state index contributed by atoms with van der Waals surface area (Å²) < 4.78 is 0. The fourth-order valence-corrected chi connectivity index (χ4v) is 3.76. The number of hydrogen-bond donors (Lipinski definition) is 2. The lowest BCUT2D eigenvalue weighted by Crippen LogP contribution is -2.47. The normalized spacial score (nSPS) is 28.6. The summed E-state index contributed by atoms with van der Waals surface area (Å²) in [5.41, 5.74) is 0. The van der Waals surface area contributed by atoms with Gasteiger partial charge in [0.1, 0.15) is 0 Å². The molecule has 0 radical (unpaired) electrons. The number of amides is 1. The minimum Gasteiger partial charge on any atom is -0.352 e. The zero-order valence-electron chi connectivity index (χ0n) is 10.7. The van der Waals surface area contributed by atoms with Gasteiger partial charge in [-0.1, -0.05) is 25.7 Å². The van der Waals surface area contributed by atoms with Gasteiger partial charge in [-0.3, -0.25) is 10.1 Å². The third-order valence-corrected chi connectivity index (χ3v) is 4.95. The number of carbonyl (C=O) groups excluding carboxylic acids is 1. The highest BCUT2D eigenvalue weighted by molar-refractivity contribution is 7.99. The van der Waals surface area contributed by atoms with Gasteiger partial charge in [0.25, 0.3) is 0 Å². The van der Waals surface area contributed by atoms with Gasteiger partial charge in [-0.25, -0.2) is 0 Å². The second-order valence-corrected chi connectivity index (χ2v) is 6.35. The maximum absolute atomic E-state index is 12.0. The Hall–Kier alpha value is -0.220. The van der Waals surface area contributed by atoms with Crippen molar-refractivity contribution in [3.8, 4) is 0 Å². The molecule has 4 heteroatoms. The molecule has 2 fully saturated rings. The standard InChI is InChI=1S/C13H24N2OS/c1-10(11-6-4-2-3-5-7-11)15-13(16)12-8-17-9-14-12/h10-12,14H,2-9H2,1H3,(H,15,16)/t10-,12?/m1/s1. The molecule has 1 heterocycles. The van der Waals surface area contributed by atoms with Crippen LogP contribution in [-0.4, -0.2) is 29.6 Å². The quantitative estimate of drug-likeness (QED) is 0.760. The van der Waals surface area contributed by atoms with Gasteiger partial charge < -0.3 is 5.32 Å². The van der Waals surface area contributed by atoms with E-state index in [0.717, 1.165) is 11.6 Å². The zero-order chi connectivity index (χ0) is 12.1. The van der Waals surface area contributed by atoms with Gasteiger partial charge in [0.15, 0.2) is 0 Å². The zero-order valence-corrected chi connectivity index (χ0v) is 11.5. The van der Waals surface area contributed by atoms with E-state index in [1.54, 1.807) is 11.8 Å². The number of carbonyl (C=O) groups is 1. The van der Waals surface area contributed by atoms with Gasteiger partial charge in [-0.2, -0.15) is 0 Å². The molecule has 2 atom stereocenters. The van der Waals surface area contributed by atoms with Gasteiger partial charge in [-0.15, -0.1) is 11.8 Å². The van der Waals surface area contributed by atoms with Crippen molar-refractivity contribution in [2.45, 2.75) is 57.5 Å². The molecular weight excluding hydrogens is 232 g/mol. The van der Waals surface area contributed by atoms with E-state index in [4.69, 9.17) is 0 Å². The smallest absolute Gasteiger partial charge is 0.238 e. The first-order valence-electron chi connectivity index (χ1n) is 6.89. The molecule has 0 aromatic heterocycles. The van der Waals surface area contributed by atoms with E-state index in [-0.39, 0.29) is 11.9 Å². The van der Waals surface area contributed by atoms with Gasteiger partial charge in [0.2, 0.25) is 5.91 Å². The summed E-state index contributed by atoms with van der Waals surface area (Å²) in [5.74, 6) is 2.72. The molecule has 0 spiro atoms. The topological polar surface area (TPSA) is 41.1 Å². The van der Waals surface area contributed by atoms with Gasteiger partial charge in [-0.05, 0) is 25.7 Å². The largest absolute Gasteiger partial charge is 0.352 e. The lowest BCUT2D eigenvalue weighted by Gasteiger charge is -2.24. The molecule has 0 aromatic carbocycles. The molecule has 1 amide bonds. The predicted molar refractivity (Wildman–Crippen MR) is 73.0 cm³/mol. The number of nitrogens with one attached hydrogen (secondary N) is 2. The highest BCUT2D eigenvalue weighted by Crippen LogP contribution is 2.25. The van der Waals surface area contributed by atoms with Gasteiger partial charge in [0, 0.05) is 17.7 Å². The van der Waals surface area contributed by atoms with Gasteiger partial charge >= 0.3 is 0 Å². The van der Waals surface area contributed by atoms with E-state index in [1.807, 2.05) is 0 Å². The fraction of sp³-hybridized carbons (Fsp3) is 0.923. The van der Waals surface area contributed by atoms with Crippen molar-refractivity contribution in [1.29, 1.82) is 0 Å². The van der Waals surface area contributed by atoms with Crippen LogP contribution in [0.3, 0.4) is 0 Å². The van der Waals surface area contributed by atoms with Crippen LogP contribution in [0.1, 0.15) is 45.4 Å². The Morgan fingerprint density at radius 1 is 1.29 bits per heavy atom. The van der Waals surface area contributed by atoms with Crippen LogP contribution in [0.4, 0.5) is 0 Å². The Kier molecular flexibility index (Phi) is 5.16. The lowest BCUT2D eigenvalue weighted by molar-refractivity contribution is -0.123. The van der Waals surface area contributed by atoms with E-state index in [2.05, 4.69) is 17.6 Å². The number of rotatable bonds is 3. The van der Waals surface area contributed by atoms with E-state index < -0.39 is 0 Å². The maximum Gasteiger partial charge on any atom is 0.238 e. The van der Waals surface area contributed by atoms with E-state index in [0.29, 0.717) is 12.0 Å². The third-order valence-electron chi connectivity index (χ3n) is 4.01. The molecule has 2 rings (SSSR count). The molecule has 1 saturated carbocycles. The molecule has 1 unspecified atom stereocenters. The molecular formula is C13H24N2OS. The summed E-state index contributed by atoms with van der Waals surface area (Å²) in [4.78, 5) is 12.0. The maximum atomic E-state index is 12.0. The molecule has 98 valence electrons. The van der Waals surface area contributed by atoms with Crippen molar-refractivity contribution in [3.63, 3.8) is 0 Å². The Morgan fingerprint density at radius 3 is 2.59 bits per heavy atom. The third kappa shape index (κ3) is 3.88. The monoisotopic (exact) mass is 256 g/mol. The Morgan fingerprint density at radius 2 is 2.00 bits per heavy atom. The van der Waals surface area contributed by atoms with Crippen molar-refractivity contribution in [2.75, 3.05) is 11.6 Å². The average molecular weight is 256 g/mol. The Labute approximate surface area is 108 Å². The van der Waals surface area contributed by atoms with Crippen LogP contribution in [0.15, 0.2) is 0 Å². The molecule has 0 bridgehead atoms. The van der Waals surface area contributed by atoms with Crippen LogP contribution in [0, 0.1) is 5.92 Å². The molecule has 0 aromatic rings. The highest BCUT2D eigenvalue weighted by Gasteiger charge is 2.26. The first-order valence-corrected chi connectivity index (χ1v) is 8.04. The van der Waals surface area contributed by atoms with Crippen LogP contribution >= 0.6 is 11.8 Å². The van der Waals surface area contributed by atoms with E-state index in [9.17, 15) is 4.79 Å². The van der Waals surface area contributed by atoms with Crippen LogP contribution in [0.25, 0.3) is 0 Å². The molecule has 1 saturated heterocycles. The summed E-state index contributed by atoms with van der Waals surface area (Å²) in [6, 6.07) is 0.376. The van der Waals surface area contributed by atoms with Crippen LogP contribution in [0.2, 0.25) is 0 Å². The molecule has 2 aliphatic rings. The number of thioether (sulfide) groups is 1. The van der Waals surface area contributed by atoms with Gasteiger partial charge in [0.05, 0.1) is 6.04 Å². The summed E-state index contributed by atoms with van der Waals surface area (Å²) >= 11 is 1.80. The number of hydrogen-bond acceptors (Lipinski definition) is 3. The van der Waals surface area contributed by atoms with Crippen LogP contribution < -0.4 is 10.6 Å². The van der Waals surface area contributed by atoms with Crippen molar-refractivity contribution in [1.82, 2.24) is 10.6 Å². The predicted octanol–water partition coefficient (Wildman–Crippen LogP) is 2.12. The van der Waals surface area contributed by atoms with Crippen LogP contribution in [-0.2, 0) is 4.79 Å². The first-order chi connectivity index (χ1) is 8.27. The molecule has 3 nitrogen and oxygen atoms in total. The minimum absolute atomic E-state index is 0.0354. The molecule has 17 heavy (non-hydrogen) atoms. The molecule has 2 N–H and O–H groups in total. The Bertz CT molecular complexity index is 246. The highest BCUT2D eigenvalue weighted by atomic mass is 32.2. The van der Waals surface area contributed by atoms with Crippen LogP contribution in [0.5, 0.6) is 0 Å².